The molecule has 0 amide bonds. The summed E-state index contributed by atoms with van der Waals surface area (Å²) in [5, 5.41) is 0.842. The highest BCUT2D eigenvalue weighted by atomic mass is 19.1. The van der Waals surface area contributed by atoms with E-state index in [0.29, 0.717) is 11.1 Å². The third-order valence-electron chi connectivity index (χ3n) is 9.27. The molecule has 1 aromatic carbocycles. The molecule has 0 aliphatic heterocycles. The first-order chi connectivity index (χ1) is 17.6. The van der Waals surface area contributed by atoms with Crippen molar-refractivity contribution in [1.82, 2.24) is 0 Å². The molecule has 0 spiro atoms. The fourth-order valence-electron chi connectivity index (χ4n) is 7.03. The molecule has 198 valence electrons. The van der Waals surface area contributed by atoms with Crippen LogP contribution < -0.4 is 5.63 Å². The van der Waals surface area contributed by atoms with Gasteiger partial charge in [-0.3, -0.25) is 0 Å². The molecule has 0 atom stereocenters. The number of fused-ring (bicyclic) bond motifs is 1. The number of halogens is 1. The average Bonchev–Trinajstić information content (AvgIpc) is 2.90. The summed E-state index contributed by atoms with van der Waals surface area (Å²) < 4.78 is 21.2. The number of hydrogen-bond donors (Lipinski definition) is 0. The lowest BCUT2D eigenvalue weighted by Crippen LogP contribution is -2.25. The van der Waals surface area contributed by atoms with E-state index in [0.717, 1.165) is 61.8 Å². The number of unbranched alkanes of at least 4 members (excludes halogenated alkanes) is 5. The third kappa shape index (κ3) is 6.90. The molecule has 0 saturated heterocycles. The van der Waals surface area contributed by atoms with E-state index in [1.54, 1.807) is 0 Å². The summed E-state index contributed by atoms with van der Waals surface area (Å²) >= 11 is 0. The van der Waals surface area contributed by atoms with Crippen LogP contribution in [0.15, 0.2) is 40.1 Å². The van der Waals surface area contributed by atoms with E-state index >= 15 is 4.39 Å². The first-order valence-electron chi connectivity index (χ1n) is 15.0. The Balaban J connectivity index is 1.33. The Morgan fingerprint density at radius 1 is 0.944 bits per heavy atom. The van der Waals surface area contributed by atoms with E-state index in [4.69, 9.17) is 4.42 Å². The molecule has 2 aromatic rings. The molecule has 36 heavy (non-hydrogen) atoms. The van der Waals surface area contributed by atoms with Crippen LogP contribution in [-0.4, -0.2) is 0 Å². The van der Waals surface area contributed by atoms with Crippen molar-refractivity contribution < 1.29 is 8.81 Å². The predicted molar refractivity (Wildman–Crippen MR) is 149 cm³/mol. The van der Waals surface area contributed by atoms with Gasteiger partial charge in [-0.1, -0.05) is 70.1 Å². The Bertz CT molecular complexity index is 1020. The first-order valence-corrected chi connectivity index (χ1v) is 15.0. The number of allylic oxidation sites excluding steroid dienone is 1. The minimum absolute atomic E-state index is 0.152. The van der Waals surface area contributed by atoms with Gasteiger partial charge >= 0.3 is 5.63 Å². The highest BCUT2D eigenvalue weighted by Gasteiger charge is 2.32. The van der Waals surface area contributed by atoms with Crippen LogP contribution in [0.1, 0.15) is 127 Å². The lowest BCUT2D eigenvalue weighted by atomic mass is 9.68. The summed E-state index contributed by atoms with van der Waals surface area (Å²) in [5.74, 6) is 3.11. The normalized spacial score (nSPS) is 24.7. The van der Waals surface area contributed by atoms with Gasteiger partial charge in [0.1, 0.15) is 17.0 Å². The highest BCUT2D eigenvalue weighted by Crippen LogP contribution is 2.45. The molecule has 0 N–H and O–H groups in total. The zero-order chi connectivity index (χ0) is 25.3. The molecule has 1 aromatic heterocycles. The highest BCUT2D eigenvalue weighted by molar-refractivity contribution is 5.83. The maximum Gasteiger partial charge on any atom is 0.346 e. The molecule has 2 saturated carbocycles. The summed E-state index contributed by atoms with van der Waals surface area (Å²) in [7, 11) is 0. The molecule has 2 aliphatic rings. The maximum absolute atomic E-state index is 15.6. The summed E-state index contributed by atoms with van der Waals surface area (Å²) in [4.78, 5) is 12.8. The average molecular weight is 495 g/mol. The van der Waals surface area contributed by atoms with Crippen LogP contribution >= 0.6 is 0 Å². The molecular weight excluding hydrogens is 447 g/mol. The van der Waals surface area contributed by atoms with Crippen molar-refractivity contribution in [2.24, 2.45) is 17.8 Å². The molecular formula is C33H47FO2. The van der Waals surface area contributed by atoms with Gasteiger partial charge in [-0.15, -0.1) is 6.58 Å². The molecule has 4 rings (SSSR count). The van der Waals surface area contributed by atoms with Crippen molar-refractivity contribution >= 4 is 10.8 Å². The Hall–Kier alpha value is -1.90. The molecule has 2 fully saturated rings. The zero-order valence-corrected chi connectivity index (χ0v) is 22.5. The van der Waals surface area contributed by atoms with Crippen molar-refractivity contribution in [2.75, 3.05) is 0 Å². The van der Waals surface area contributed by atoms with E-state index < -0.39 is 5.63 Å². The molecule has 1 heterocycles. The monoisotopic (exact) mass is 494 g/mol. The Morgan fingerprint density at radius 3 is 2.31 bits per heavy atom. The van der Waals surface area contributed by atoms with Gasteiger partial charge in [-0.2, -0.15) is 0 Å². The first kappa shape index (κ1) is 27.1. The second-order valence-electron chi connectivity index (χ2n) is 11.7. The number of benzene rings is 1. The molecule has 0 unspecified atom stereocenters. The molecule has 0 bridgehead atoms. The fraction of sp³-hybridized carbons (Fsp3) is 0.667. The Labute approximate surface area is 217 Å². The number of aryl methyl sites for hydroxylation is 1. The quantitative estimate of drug-likeness (QED) is 0.217. The smallest absolute Gasteiger partial charge is 0.346 e. The fourth-order valence-corrected chi connectivity index (χ4v) is 7.03. The van der Waals surface area contributed by atoms with Gasteiger partial charge < -0.3 is 4.42 Å². The predicted octanol–water partition coefficient (Wildman–Crippen LogP) is 9.88. The van der Waals surface area contributed by atoms with Gasteiger partial charge in [0.15, 0.2) is 0 Å². The minimum atomic E-state index is -0.505. The second-order valence-corrected chi connectivity index (χ2v) is 11.7. The van der Waals surface area contributed by atoms with Crippen LogP contribution in [0, 0.1) is 23.6 Å². The molecule has 2 nitrogen and oxygen atoms in total. The van der Waals surface area contributed by atoms with Crippen LogP contribution in [0.5, 0.6) is 0 Å². The second kappa shape index (κ2) is 13.6. The van der Waals surface area contributed by atoms with Crippen molar-refractivity contribution in [1.29, 1.82) is 0 Å². The summed E-state index contributed by atoms with van der Waals surface area (Å²) in [6.07, 6.45) is 22.4. The Kier molecular flexibility index (Phi) is 10.2. The minimum Gasteiger partial charge on any atom is -0.427 e. The summed E-state index contributed by atoms with van der Waals surface area (Å²) in [6.45, 7) is 6.09. The van der Waals surface area contributed by atoms with Crippen LogP contribution in [-0.2, 0) is 6.42 Å². The topological polar surface area (TPSA) is 30.2 Å². The van der Waals surface area contributed by atoms with Gasteiger partial charge in [0.2, 0.25) is 0 Å². The molecule has 2 aliphatic carbocycles. The SMILES string of the molecule is C=CCCC1CCC(C2CCC(c3ccc4cc(CCCCCCCC)oc(=O)c4c3F)CC2)CC1. The standard InChI is InChI=1S/C33H47FO2/c1-3-5-7-8-9-10-12-29-23-28-21-22-30(32(34)31(28)33(35)36-29)27-19-17-26(18-20-27)25-15-13-24(14-16-25)11-6-4-2/h4,21-27H,2-3,5-20H2,1H3. The summed E-state index contributed by atoms with van der Waals surface area (Å²) in [5.41, 5.74) is 0.222. The third-order valence-corrected chi connectivity index (χ3v) is 9.27. The van der Waals surface area contributed by atoms with Gasteiger partial charge in [0.25, 0.3) is 0 Å². The van der Waals surface area contributed by atoms with E-state index in [-0.39, 0.29) is 17.1 Å². The van der Waals surface area contributed by atoms with Gasteiger partial charge in [0, 0.05) is 6.42 Å². The number of hydrogen-bond acceptors (Lipinski definition) is 2. The van der Waals surface area contributed by atoms with Crippen LogP contribution in [0.3, 0.4) is 0 Å². The van der Waals surface area contributed by atoms with Crippen molar-refractivity contribution in [3.8, 4) is 0 Å². The largest absolute Gasteiger partial charge is 0.427 e. The van der Waals surface area contributed by atoms with Crippen molar-refractivity contribution in [3.05, 3.63) is 58.4 Å². The van der Waals surface area contributed by atoms with Crippen molar-refractivity contribution in [3.63, 3.8) is 0 Å². The van der Waals surface area contributed by atoms with E-state index in [1.807, 2.05) is 18.2 Å². The zero-order valence-electron chi connectivity index (χ0n) is 22.5. The molecule has 3 heteroatoms. The van der Waals surface area contributed by atoms with Crippen LogP contribution in [0.2, 0.25) is 0 Å². The Morgan fingerprint density at radius 2 is 1.61 bits per heavy atom. The van der Waals surface area contributed by atoms with E-state index in [9.17, 15) is 4.79 Å². The van der Waals surface area contributed by atoms with Crippen molar-refractivity contribution in [2.45, 2.75) is 122 Å². The maximum atomic E-state index is 15.6. The van der Waals surface area contributed by atoms with Gasteiger partial charge in [-0.25, -0.2) is 9.18 Å². The summed E-state index contributed by atoms with van der Waals surface area (Å²) in [6, 6.07) is 5.78. The number of rotatable bonds is 12. The lowest BCUT2D eigenvalue weighted by molar-refractivity contribution is 0.156. The van der Waals surface area contributed by atoms with Gasteiger partial charge in [-0.05, 0) is 98.5 Å². The molecule has 0 radical (unpaired) electrons. The van der Waals surface area contributed by atoms with E-state index in [1.165, 1.54) is 70.6 Å². The van der Waals surface area contributed by atoms with E-state index in [2.05, 4.69) is 19.6 Å². The lowest BCUT2D eigenvalue weighted by Gasteiger charge is -2.38. The van der Waals surface area contributed by atoms with Crippen LogP contribution in [0.25, 0.3) is 10.8 Å². The van der Waals surface area contributed by atoms with Gasteiger partial charge in [0.05, 0.1) is 0 Å². The van der Waals surface area contributed by atoms with Crippen LogP contribution in [0.4, 0.5) is 4.39 Å².